The molecular weight excluding hydrogens is 468 g/mol. The largest absolute Gasteiger partial charge is 0.508 e. The summed E-state index contributed by atoms with van der Waals surface area (Å²) in [4.78, 5) is 10.1. The van der Waals surface area contributed by atoms with Crippen LogP contribution in [0.2, 0.25) is 0 Å². The van der Waals surface area contributed by atoms with Crippen molar-refractivity contribution in [1.29, 1.82) is 0 Å². The van der Waals surface area contributed by atoms with Crippen LogP contribution in [0.15, 0.2) is 82.8 Å². The third kappa shape index (κ3) is 5.86. The standard InChI is InChI=1S/C34H36N2O2/c1-21-15-23(3)29(24(4)16-21)19-35-33(27-11-7-9-13-31(27)37)34(28-12-8-10-14-32(28)38)36-20-30-25(5)17-22(2)18-26(30)6/h7-20,33-34,37-38H,1-6H3/t33-,34-/m0/s1. The van der Waals surface area contributed by atoms with Crippen molar-refractivity contribution in [3.05, 3.63) is 128 Å². The lowest BCUT2D eigenvalue weighted by atomic mass is 9.92. The summed E-state index contributed by atoms with van der Waals surface area (Å²) < 4.78 is 0. The molecule has 0 aliphatic heterocycles. The Hall–Kier alpha value is -4.18. The molecule has 0 spiro atoms. The molecule has 0 aliphatic rings. The fourth-order valence-electron chi connectivity index (χ4n) is 5.24. The smallest absolute Gasteiger partial charge is 0.121 e. The zero-order valence-corrected chi connectivity index (χ0v) is 23.0. The van der Waals surface area contributed by atoms with Crippen LogP contribution in [0.5, 0.6) is 11.5 Å². The molecule has 0 unspecified atom stereocenters. The van der Waals surface area contributed by atoms with E-state index in [2.05, 4.69) is 65.8 Å². The van der Waals surface area contributed by atoms with Crippen LogP contribution >= 0.6 is 0 Å². The summed E-state index contributed by atoms with van der Waals surface area (Å²) in [6.45, 7) is 12.5. The Morgan fingerprint density at radius 2 is 0.842 bits per heavy atom. The van der Waals surface area contributed by atoms with Gasteiger partial charge in [0.05, 0.1) is 0 Å². The first kappa shape index (κ1) is 26.9. The van der Waals surface area contributed by atoms with Gasteiger partial charge in [0.25, 0.3) is 0 Å². The van der Waals surface area contributed by atoms with E-state index in [1.807, 2.05) is 36.7 Å². The van der Waals surface area contributed by atoms with E-state index >= 15 is 0 Å². The van der Waals surface area contributed by atoms with Crippen LogP contribution in [0.3, 0.4) is 0 Å². The number of hydrogen-bond donors (Lipinski definition) is 2. The third-order valence-electron chi connectivity index (χ3n) is 7.01. The van der Waals surface area contributed by atoms with Crippen LogP contribution in [-0.4, -0.2) is 22.6 Å². The maximum atomic E-state index is 10.9. The molecule has 194 valence electrons. The van der Waals surface area contributed by atoms with E-state index in [1.54, 1.807) is 24.3 Å². The van der Waals surface area contributed by atoms with Gasteiger partial charge in [-0.1, -0.05) is 71.8 Å². The average molecular weight is 505 g/mol. The number of para-hydroxylation sites is 2. The quantitative estimate of drug-likeness (QED) is 0.251. The van der Waals surface area contributed by atoms with Gasteiger partial charge >= 0.3 is 0 Å². The second-order valence-corrected chi connectivity index (χ2v) is 10.2. The van der Waals surface area contributed by atoms with Crippen molar-refractivity contribution in [3.8, 4) is 11.5 Å². The van der Waals surface area contributed by atoms with Crippen LogP contribution in [0.25, 0.3) is 0 Å². The minimum atomic E-state index is -0.577. The molecule has 4 heteroatoms. The maximum Gasteiger partial charge on any atom is 0.121 e. The van der Waals surface area contributed by atoms with Gasteiger partial charge in [-0.3, -0.25) is 9.98 Å². The highest BCUT2D eigenvalue weighted by atomic mass is 16.3. The van der Waals surface area contributed by atoms with Gasteiger partial charge in [-0.25, -0.2) is 0 Å². The van der Waals surface area contributed by atoms with Crippen LogP contribution in [-0.2, 0) is 0 Å². The molecule has 0 fully saturated rings. The Bertz CT molecular complexity index is 1360. The molecule has 2 atom stereocenters. The Morgan fingerprint density at radius 1 is 0.526 bits per heavy atom. The molecule has 0 bridgehead atoms. The van der Waals surface area contributed by atoms with Crippen LogP contribution in [0.1, 0.15) is 67.7 Å². The van der Waals surface area contributed by atoms with E-state index in [4.69, 9.17) is 9.98 Å². The summed E-state index contributed by atoms with van der Waals surface area (Å²) >= 11 is 0. The van der Waals surface area contributed by atoms with Gasteiger partial charge in [0.1, 0.15) is 23.6 Å². The van der Waals surface area contributed by atoms with Gasteiger partial charge in [0.2, 0.25) is 0 Å². The fourth-order valence-corrected chi connectivity index (χ4v) is 5.24. The van der Waals surface area contributed by atoms with Crippen molar-refractivity contribution in [1.82, 2.24) is 0 Å². The predicted octanol–water partition coefficient (Wildman–Crippen LogP) is 7.97. The molecular formula is C34H36N2O2. The van der Waals surface area contributed by atoms with Gasteiger partial charge in [-0.2, -0.15) is 0 Å². The highest BCUT2D eigenvalue weighted by Gasteiger charge is 2.28. The highest BCUT2D eigenvalue weighted by molar-refractivity contribution is 5.85. The summed E-state index contributed by atoms with van der Waals surface area (Å²) in [5, 5.41) is 21.8. The lowest BCUT2D eigenvalue weighted by Gasteiger charge is -2.24. The van der Waals surface area contributed by atoms with E-state index in [-0.39, 0.29) is 11.5 Å². The van der Waals surface area contributed by atoms with E-state index in [0.717, 1.165) is 33.4 Å². The first-order valence-electron chi connectivity index (χ1n) is 12.9. The first-order valence-corrected chi connectivity index (χ1v) is 12.9. The van der Waals surface area contributed by atoms with E-state index in [9.17, 15) is 10.2 Å². The molecule has 4 aromatic carbocycles. The predicted molar refractivity (Wildman–Crippen MR) is 158 cm³/mol. The minimum absolute atomic E-state index is 0.144. The Labute approximate surface area is 226 Å². The van der Waals surface area contributed by atoms with Crippen LogP contribution in [0, 0.1) is 41.5 Å². The number of nitrogens with zero attached hydrogens (tertiary/aromatic N) is 2. The topological polar surface area (TPSA) is 65.2 Å². The molecule has 0 aliphatic carbocycles. The maximum absolute atomic E-state index is 10.9. The van der Waals surface area contributed by atoms with Crippen molar-refractivity contribution >= 4 is 12.4 Å². The second kappa shape index (κ2) is 11.5. The number of aliphatic imine (C=N–C) groups is 2. The molecule has 4 rings (SSSR count). The highest BCUT2D eigenvalue weighted by Crippen LogP contribution is 2.42. The number of rotatable bonds is 7. The van der Waals surface area contributed by atoms with Crippen LogP contribution < -0.4 is 0 Å². The fraction of sp³-hybridized carbons (Fsp3) is 0.235. The molecule has 38 heavy (non-hydrogen) atoms. The summed E-state index contributed by atoms with van der Waals surface area (Å²) in [6, 6.07) is 21.9. The summed E-state index contributed by atoms with van der Waals surface area (Å²) in [5.41, 5.74) is 10.3. The van der Waals surface area contributed by atoms with Gasteiger partial charge in [0, 0.05) is 23.6 Å². The molecule has 4 nitrogen and oxygen atoms in total. The summed E-state index contributed by atoms with van der Waals surface area (Å²) in [6.07, 6.45) is 3.76. The minimum Gasteiger partial charge on any atom is -0.508 e. The van der Waals surface area contributed by atoms with E-state index < -0.39 is 12.1 Å². The Balaban J connectivity index is 1.91. The average Bonchev–Trinajstić information content (AvgIpc) is 2.84. The molecule has 2 N–H and O–H groups in total. The van der Waals surface area contributed by atoms with Gasteiger partial charge < -0.3 is 10.2 Å². The lowest BCUT2D eigenvalue weighted by molar-refractivity contribution is 0.438. The van der Waals surface area contributed by atoms with Crippen molar-refractivity contribution in [3.63, 3.8) is 0 Å². The molecule has 0 saturated heterocycles. The Kier molecular flexibility index (Phi) is 8.11. The third-order valence-corrected chi connectivity index (χ3v) is 7.01. The van der Waals surface area contributed by atoms with Crippen LogP contribution in [0.4, 0.5) is 0 Å². The molecule has 0 aromatic heterocycles. The molecule has 0 heterocycles. The monoisotopic (exact) mass is 504 g/mol. The van der Waals surface area contributed by atoms with Gasteiger partial charge in [0.15, 0.2) is 0 Å². The SMILES string of the molecule is Cc1cc(C)c(C=N[C@@H](c2ccccc2O)[C@@H](N=Cc2c(C)cc(C)cc2C)c2ccccc2O)c(C)c1. The molecule has 0 radical (unpaired) electrons. The van der Waals surface area contributed by atoms with Crippen molar-refractivity contribution < 1.29 is 10.2 Å². The van der Waals surface area contributed by atoms with Gasteiger partial charge in [-0.05, 0) is 87.1 Å². The normalized spacial score (nSPS) is 13.3. The zero-order chi connectivity index (χ0) is 27.4. The van der Waals surface area contributed by atoms with Gasteiger partial charge in [-0.15, -0.1) is 0 Å². The molecule has 0 saturated carbocycles. The molecule has 0 amide bonds. The van der Waals surface area contributed by atoms with E-state index in [0.29, 0.717) is 11.1 Å². The van der Waals surface area contributed by atoms with E-state index in [1.165, 1.54) is 11.1 Å². The lowest BCUT2D eigenvalue weighted by Crippen LogP contribution is -2.10. The number of phenols is 2. The van der Waals surface area contributed by atoms with Crippen molar-refractivity contribution in [2.75, 3.05) is 0 Å². The number of aromatic hydroxyl groups is 2. The van der Waals surface area contributed by atoms with Crippen molar-refractivity contribution in [2.45, 2.75) is 53.6 Å². The zero-order valence-electron chi connectivity index (χ0n) is 23.0. The van der Waals surface area contributed by atoms with Crippen molar-refractivity contribution in [2.24, 2.45) is 9.98 Å². The second-order valence-electron chi connectivity index (χ2n) is 10.2. The summed E-state index contributed by atoms with van der Waals surface area (Å²) in [7, 11) is 0. The number of aryl methyl sites for hydroxylation is 6. The number of benzene rings is 4. The Morgan fingerprint density at radius 3 is 1.16 bits per heavy atom. The number of phenolic OH excluding ortho intramolecular Hbond substituents is 2. The number of hydrogen-bond acceptors (Lipinski definition) is 4. The first-order chi connectivity index (χ1) is 18.2. The molecule has 4 aromatic rings. The summed E-state index contributed by atoms with van der Waals surface area (Å²) in [5.74, 6) is 0.288.